The Labute approximate surface area is 356 Å². The van der Waals surface area contributed by atoms with Gasteiger partial charge in [0.2, 0.25) is 17.7 Å². The maximum absolute atomic E-state index is 14.4. The number of nitrogens with two attached hydrogens (primary N) is 1. The van der Waals surface area contributed by atoms with Crippen LogP contribution in [0.25, 0.3) is 10.9 Å². The molecule has 5 rings (SSSR count). The third kappa shape index (κ3) is 14.4. The highest BCUT2D eigenvalue weighted by atomic mass is 16.5. The second-order valence-electron chi connectivity index (χ2n) is 18.0. The minimum absolute atomic E-state index is 0.0603. The number of esters is 1. The first kappa shape index (κ1) is 46.2. The summed E-state index contributed by atoms with van der Waals surface area (Å²) in [4.78, 5) is 74.9. The van der Waals surface area contributed by atoms with Crippen LogP contribution in [-0.4, -0.2) is 82.3 Å². The Morgan fingerprint density at radius 2 is 1.53 bits per heavy atom. The van der Waals surface area contributed by atoms with Gasteiger partial charge in [-0.3, -0.25) is 28.9 Å². The molecule has 2 aliphatic rings. The number of amides is 4. The zero-order valence-electron chi connectivity index (χ0n) is 36.3. The molecule has 2 heterocycles. The van der Waals surface area contributed by atoms with E-state index < -0.39 is 53.9 Å². The van der Waals surface area contributed by atoms with Crippen molar-refractivity contribution in [2.24, 2.45) is 17.6 Å². The third-order valence-corrected chi connectivity index (χ3v) is 11.9. The Kier molecular flexibility index (Phi) is 17.5. The van der Waals surface area contributed by atoms with E-state index in [9.17, 15) is 24.0 Å². The Bertz CT molecular complexity index is 1880. The van der Waals surface area contributed by atoms with Gasteiger partial charge in [-0.25, -0.2) is 4.98 Å². The van der Waals surface area contributed by atoms with Crippen LogP contribution in [0.1, 0.15) is 134 Å². The lowest BCUT2D eigenvalue weighted by Gasteiger charge is -2.47. The van der Waals surface area contributed by atoms with Crippen molar-refractivity contribution in [2.75, 3.05) is 13.1 Å². The lowest BCUT2D eigenvalue weighted by molar-refractivity contribution is -0.154. The number of primary amides is 1. The minimum atomic E-state index is -1.34. The number of para-hydroxylation sites is 1. The topological polar surface area (TPSA) is 173 Å². The van der Waals surface area contributed by atoms with Crippen molar-refractivity contribution in [1.29, 1.82) is 0 Å². The van der Waals surface area contributed by atoms with Gasteiger partial charge in [-0.05, 0) is 76.0 Å². The molecule has 326 valence electrons. The van der Waals surface area contributed by atoms with E-state index in [0.717, 1.165) is 55.9 Å². The first-order valence-electron chi connectivity index (χ1n) is 22.3. The number of nitrogens with zero attached hydrogens (tertiary/aromatic N) is 2. The first-order valence-corrected chi connectivity index (χ1v) is 22.3. The highest BCUT2D eigenvalue weighted by Crippen LogP contribution is 2.39. The van der Waals surface area contributed by atoms with E-state index in [1.165, 1.54) is 19.3 Å². The van der Waals surface area contributed by atoms with E-state index >= 15 is 0 Å². The lowest BCUT2D eigenvalue weighted by atomic mass is 9.72. The van der Waals surface area contributed by atoms with Gasteiger partial charge in [0.05, 0.1) is 24.0 Å². The molecule has 1 saturated heterocycles. The number of carbonyl (C=O) groups excluding carboxylic acids is 5. The van der Waals surface area contributed by atoms with Crippen molar-refractivity contribution >= 4 is 40.5 Å². The number of nitrogens with one attached hydrogen (secondary N) is 3. The van der Waals surface area contributed by atoms with Gasteiger partial charge < -0.3 is 26.4 Å². The van der Waals surface area contributed by atoms with Gasteiger partial charge in [-0.1, -0.05) is 119 Å². The molecule has 0 radical (unpaired) electrons. The molecule has 6 atom stereocenters. The molecule has 2 aromatic carbocycles. The van der Waals surface area contributed by atoms with Crippen LogP contribution in [0.4, 0.5) is 0 Å². The monoisotopic (exact) mass is 825 g/mol. The van der Waals surface area contributed by atoms with Crippen molar-refractivity contribution < 1.29 is 28.7 Å². The van der Waals surface area contributed by atoms with E-state index in [0.29, 0.717) is 36.7 Å². The maximum Gasteiger partial charge on any atom is 0.306 e. The average Bonchev–Trinajstić information content (AvgIpc) is 3.21. The fourth-order valence-electron chi connectivity index (χ4n) is 8.82. The summed E-state index contributed by atoms with van der Waals surface area (Å²) in [6.45, 7) is 8.98. The summed E-state index contributed by atoms with van der Waals surface area (Å²) in [7, 11) is 0. The molecule has 1 aromatic heterocycles. The molecule has 12 nitrogen and oxygen atoms in total. The van der Waals surface area contributed by atoms with E-state index in [-0.39, 0.29) is 37.0 Å². The summed E-state index contributed by atoms with van der Waals surface area (Å²) in [5.41, 5.74) is 6.79. The zero-order chi connectivity index (χ0) is 43.1. The smallest absolute Gasteiger partial charge is 0.306 e. The number of hydrogen-bond acceptors (Lipinski definition) is 8. The van der Waals surface area contributed by atoms with E-state index in [4.69, 9.17) is 10.5 Å². The lowest BCUT2D eigenvalue weighted by Crippen LogP contribution is -2.61. The Balaban J connectivity index is 1.44. The molecular weight excluding hydrogens is 757 g/mol. The summed E-state index contributed by atoms with van der Waals surface area (Å²) < 4.78 is 6.43. The maximum atomic E-state index is 14.4. The summed E-state index contributed by atoms with van der Waals surface area (Å²) in [6.07, 6.45) is 11.7. The van der Waals surface area contributed by atoms with E-state index in [2.05, 4.69) is 32.8 Å². The van der Waals surface area contributed by atoms with Crippen LogP contribution < -0.4 is 21.7 Å². The second-order valence-corrected chi connectivity index (χ2v) is 18.0. The molecule has 2 fully saturated rings. The van der Waals surface area contributed by atoms with Crippen molar-refractivity contribution in [3.8, 4) is 0 Å². The molecule has 1 aliphatic heterocycles. The van der Waals surface area contributed by atoms with Gasteiger partial charge in [0.15, 0.2) is 0 Å². The van der Waals surface area contributed by atoms with Crippen LogP contribution in [0.5, 0.6) is 0 Å². The number of ether oxygens (including phenoxy) is 1. The Morgan fingerprint density at radius 3 is 2.25 bits per heavy atom. The number of likely N-dealkylation sites (tertiary alicyclic amines) is 1. The normalized spacial score (nSPS) is 19.6. The number of rotatable bonds is 21. The molecule has 0 unspecified atom stereocenters. The van der Waals surface area contributed by atoms with Gasteiger partial charge in [0, 0.05) is 30.4 Å². The molecule has 0 spiro atoms. The average molecular weight is 825 g/mol. The SMILES string of the molecule is CCCCCCCCCC(=O)O[C@H](CN1C[C@H]2CCCC[C@H]2C[C@H]1C(=O)NC(C)(C)C)[C@H](Cc1ccccc1)NC(=O)[C@H](CC(N)=O)NC(=O)c1ccc2ccccc2n1. The number of unbranched alkanes of at least 4 members (excludes halogenated alkanes) is 6. The van der Waals surface area contributed by atoms with Crippen molar-refractivity contribution in [3.05, 3.63) is 78.0 Å². The predicted molar refractivity (Wildman–Crippen MR) is 235 cm³/mol. The van der Waals surface area contributed by atoms with Gasteiger partial charge >= 0.3 is 5.97 Å². The number of piperidine rings is 1. The molecule has 60 heavy (non-hydrogen) atoms. The summed E-state index contributed by atoms with van der Waals surface area (Å²) in [6, 6.07) is 17.7. The van der Waals surface area contributed by atoms with Crippen molar-refractivity contribution in [3.63, 3.8) is 0 Å². The van der Waals surface area contributed by atoms with E-state index in [1.807, 2.05) is 69.3 Å². The highest BCUT2D eigenvalue weighted by Gasteiger charge is 2.43. The molecule has 4 amide bonds. The predicted octanol–water partition coefficient (Wildman–Crippen LogP) is 6.78. The fraction of sp³-hybridized carbons (Fsp3) is 0.583. The largest absolute Gasteiger partial charge is 0.459 e. The number of hydrogen-bond donors (Lipinski definition) is 4. The number of benzene rings is 2. The number of carbonyl (C=O) groups is 5. The van der Waals surface area contributed by atoms with Crippen molar-refractivity contribution in [2.45, 2.75) is 154 Å². The van der Waals surface area contributed by atoms with Crippen LogP contribution in [0.2, 0.25) is 0 Å². The second kappa shape index (κ2) is 22.7. The molecule has 0 bridgehead atoms. The summed E-state index contributed by atoms with van der Waals surface area (Å²) in [5.74, 6) is -1.65. The van der Waals surface area contributed by atoms with Crippen LogP contribution in [0.3, 0.4) is 0 Å². The molecule has 1 aliphatic carbocycles. The van der Waals surface area contributed by atoms with Gasteiger partial charge in [0.25, 0.3) is 5.91 Å². The number of fused-ring (bicyclic) bond motifs is 2. The van der Waals surface area contributed by atoms with Crippen LogP contribution in [0, 0.1) is 11.8 Å². The van der Waals surface area contributed by atoms with Crippen molar-refractivity contribution in [1.82, 2.24) is 25.8 Å². The molecule has 5 N–H and O–H groups in total. The first-order chi connectivity index (χ1) is 28.8. The standard InChI is InChI=1S/C48H68N6O6/c1-5-6-7-8-9-10-14-25-44(56)60-42(32-54-31-36-23-16-15-22-35(36)29-41(54)47(59)53-48(2,3)4)39(28-33-19-12-11-13-20-33)51-46(58)40(30-43(49)55)52-45(57)38-27-26-34-21-17-18-24-37(34)50-38/h11-13,17-21,24,26-27,35-36,39-42H,5-10,14-16,22-23,25,28-32H2,1-4H3,(H2,49,55)(H,51,58)(H,52,57)(H,53,59)/t35-,36+,39-,40-,41-,42+/m0/s1. The molecular formula is C48H68N6O6. The quantitative estimate of drug-likeness (QED) is 0.0672. The van der Waals surface area contributed by atoms with Gasteiger partial charge in [0.1, 0.15) is 17.8 Å². The number of aromatic nitrogens is 1. The van der Waals surface area contributed by atoms with Crippen LogP contribution in [0.15, 0.2) is 66.7 Å². The molecule has 1 saturated carbocycles. The number of pyridine rings is 1. The summed E-state index contributed by atoms with van der Waals surface area (Å²) in [5, 5.41) is 9.86. The fourth-order valence-corrected chi connectivity index (χ4v) is 8.82. The Hall–Kier alpha value is -4.84. The van der Waals surface area contributed by atoms with Gasteiger partial charge in [-0.2, -0.15) is 0 Å². The molecule has 12 heteroatoms. The Morgan fingerprint density at radius 1 is 0.850 bits per heavy atom. The highest BCUT2D eigenvalue weighted by molar-refractivity contribution is 5.99. The summed E-state index contributed by atoms with van der Waals surface area (Å²) >= 11 is 0. The van der Waals surface area contributed by atoms with Gasteiger partial charge in [-0.15, -0.1) is 0 Å². The third-order valence-electron chi connectivity index (χ3n) is 11.9. The van der Waals surface area contributed by atoms with Crippen LogP contribution >= 0.6 is 0 Å². The zero-order valence-corrected chi connectivity index (χ0v) is 36.3. The minimum Gasteiger partial charge on any atom is -0.459 e. The molecule has 3 aromatic rings. The van der Waals surface area contributed by atoms with E-state index in [1.54, 1.807) is 18.2 Å². The van der Waals surface area contributed by atoms with Crippen LogP contribution in [-0.2, 0) is 30.3 Å².